The van der Waals surface area contributed by atoms with E-state index in [1.807, 2.05) is 24.3 Å². The van der Waals surface area contributed by atoms with Crippen LogP contribution < -0.4 is 10.1 Å². The van der Waals surface area contributed by atoms with Crippen molar-refractivity contribution in [2.45, 2.75) is 51.7 Å². The Morgan fingerprint density at radius 3 is 2.91 bits per heavy atom. The Balaban J connectivity index is 1.48. The average Bonchev–Trinajstić information content (AvgIpc) is 3.17. The molecule has 0 spiro atoms. The summed E-state index contributed by atoms with van der Waals surface area (Å²) in [6.45, 7) is 3.82. The SMILES string of the molecule is CC(=O)c1nn2c3c(cccc13)OCCc1cc(c(Br)cn1)NC(=O)C1CC3(C)CC3N1C(=O)C2. The molecular formula is C25H24BrN5O4. The number of benzene rings is 1. The lowest BCUT2D eigenvalue weighted by Gasteiger charge is -2.27. The Bertz CT molecular complexity index is 1420. The summed E-state index contributed by atoms with van der Waals surface area (Å²) >= 11 is 3.47. The maximum absolute atomic E-state index is 13.7. The molecule has 4 heterocycles. The number of amides is 2. The second-order valence-electron chi connectivity index (χ2n) is 9.85. The molecule has 3 aromatic rings. The number of anilines is 1. The Kier molecular flexibility index (Phi) is 5.00. The van der Waals surface area contributed by atoms with Crippen LogP contribution in [-0.2, 0) is 22.6 Å². The standard InChI is InChI=1S/C25H24BrN5O4/c1-13(32)22-15-4-3-5-19-23(15)30(29-22)12-21(33)31-18(9-25(2)10-20(25)31)24(34)28-17-8-14(6-7-35-19)27-11-16(17)26/h3-5,8,11,18,20H,6-7,9-10,12H2,1-2H3,(H,28,34). The van der Waals surface area contributed by atoms with E-state index in [4.69, 9.17) is 4.74 Å². The van der Waals surface area contributed by atoms with Crippen LogP contribution in [0.15, 0.2) is 34.9 Å². The molecule has 1 N–H and O–H groups in total. The van der Waals surface area contributed by atoms with E-state index in [1.165, 1.54) is 6.92 Å². The number of carbonyl (C=O) groups excluding carboxylic acids is 3. The Morgan fingerprint density at radius 1 is 1.29 bits per heavy atom. The van der Waals surface area contributed by atoms with Crippen LogP contribution in [0.3, 0.4) is 0 Å². The number of ketones is 1. The highest BCUT2D eigenvalue weighted by Crippen LogP contribution is 2.59. The summed E-state index contributed by atoms with van der Waals surface area (Å²) < 4.78 is 8.33. The number of hydrogen-bond acceptors (Lipinski definition) is 6. The first kappa shape index (κ1) is 22.2. The maximum atomic E-state index is 13.7. The van der Waals surface area contributed by atoms with E-state index in [0.717, 1.165) is 12.1 Å². The van der Waals surface area contributed by atoms with Gasteiger partial charge in [-0.15, -0.1) is 0 Å². The number of nitrogens with one attached hydrogen (secondary N) is 1. The molecule has 2 bridgehead atoms. The molecule has 2 amide bonds. The second kappa shape index (κ2) is 7.87. The van der Waals surface area contributed by atoms with Gasteiger partial charge in [0.1, 0.15) is 29.5 Å². The lowest BCUT2D eigenvalue weighted by Crippen LogP contribution is -2.46. The number of hydrogen-bond donors (Lipinski definition) is 1. The topological polar surface area (TPSA) is 106 Å². The van der Waals surface area contributed by atoms with Crippen molar-refractivity contribution in [3.8, 4) is 5.75 Å². The van der Waals surface area contributed by atoms with Crippen molar-refractivity contribution in [3.63, 3.8) is 0 Å². The van der Waals surface area contributed by atoms with Gasteiger partial charge >= 0.3 is 0 Å². The van der Waals surface area contributed by atoms with Crippen LogP contribution in [-0.4, -0.2) is 56.0 Å². The van der Waals surface area contributed by atoms with Crippen molar-refractivity contribution < 1.29 is 19.1 Å². The molecule has 10 heteroatoms. The third-order valence-electron chi connectivity index (χ3n) is 7.36. The summed E-state index contributed by atoms with van der Waals surface area (Å²) in [5.41, 5.74) is 2.22. The third kappa shape index (κ3) is 3.62. The third-order valence-corrected chi connectivity index (χ3v) is 7.99. The highest BCUT2D eigenvalue weighted by molar-refractivity contribution is 9.10. The van der Waals surface area contributed by atoms with Gasteiger partial charge in [0.2, 0.25) is 11.8 Å². The van der Waals surface area contributed by atoms with E-state index in [2.05, 4.69) is 38.3 Å². The number of halogens is 1. The van der Waals surface area contributed by atoms with Crippen LogP contribution in [0.2, 0.25) is 0 Å². The minimum Gasteiger partial charge on any atom is -0.491 e. The molecule has 2 aromatic heterocycles. The summed E-state index contributed by atoms with van der Waals surface area (Å²) in [5.74, 6) is -0.0558. The predicted octanol–water partition coefficient (Wildman–Crippen LogP) is 3.35. The number of ether oxygens (including phenoxy) is 1. The zero-order valence-electron chi connectivity index (χ0n) is 19.4. The quantitative estimate of drug-likeness (QED) is 0.477. The van der Waals surface area contributed by atoms with E-state index < -0.39 is 6.04 Å². The summed E-state index contributed by atoms with van der Waals surface area (Å²) in [6, 6.07) is 6.71. The molecular weight excluding hydrogens is 514 g/mol. The van der Waals surface area contributed by atoms with Crippen LogP contribution in [0, 0.1) is 5.41 Å². The molecule has 6 rings (SSSR count). The molecule has 1 saturated carbocycles. The van der Waals surface area contributed by atoms with Gasteiger partial charge in [-0.1, -0.05) is 19.1 Å². The highest BCUT2D eigenvalue weighted by atomic mass is 79.9. The van der Waals surface area contributed by atoms with E-state index in [9.17, 15) is 14.4 Å². The zero-order valence-corrected chi connectivity index (χ0v) is 21.0. The Hall–Kier alpha value is -3.27. The Morgan fingerprint density at radius 2 is 2.11 bits per heavy atom. The number of Topliss-reactive ketones (excluding diaryl/α,β-unsaturated/α-hetero) is 1. The molecule has 1 aliphatic carbocycles. The summed E-state index contributed by atoms with van der Waals surface area (Å²) in [6.07, 6.45) is 3.65. The largest absolute Gasteiger partial charge is 0.491 e. The van der Waals surface area contributed by atoms with Crippen molar-refractivity contribution in [1.82, 2.24) is 19.7 Å². The lowest BCUT2D eigenvalue weighted by atomic mass is 10.0. The summed E-state index contributed by atoms with van der Waals surface area (Å²) in [7, 11) is 0. The first-order valence-corrected chi connectivity index (χ1v) is 12.4. The van der Waals surface area contributed by atoms with Crippen LogP contribution in [0.4, 0.5) is 5.69 Å². The summed E-state index contributed by atoms with van der Waals surface area (Å²) in [4.78, 5) is 45.5. The van der Waals surface area contributed by atoms with Gasteiger partial charge in [0, 0.05) is 36.7 Å². The number of pyridine rings is 1. The first-order chi connectivity index (χ1) is 16.7. The number of rotatable bonds is 1. The van der Waals surface area contributed by atoms with Crippen molar-refractivity contribution in [1.29, 1.82) is 0 Å². The molecule has 3 unspecified atom stereocenters. The predicted molar refractivity (Wildman–Crippen MR) is 131 cm³/mol. The maximum Gasteiger partial charge on any atom is 0.247 e. The Labute approximate surface area is 209 Å². The van der Waals surface area contributed by atoms with Crippen molar-refractivity contribution in [2.24, 2.45) is 5.41 Å². The van der Waals surface area contributed by atoms with Gasteiger partial charge in [-0.05, 0) is 46.3 Å². The van der Waals surface area contributed by atoms with Gasteiger partial charge in [-0.3, -0.25) is 24.0 Å². The van der Waals surface area contributed by atoms with Crippen molar-refractivity contribution in [2.75, 3.05) is 11.9 Å². The number of carbonyl (C=O) groups is 3. The van der Waals surface area contributed by atoms with Gasteiger partial charge in [0.15, 0.2) is 5.78 Å². The zero-order chi connectivity index (χ0) is 24.5. The summed E-state index contributed by atoms with van der Waals surface area (Å²) in [5, 5.41) is 8.14. The molecule has 1 saturated heterocycles. The van der Waals surface area contributed by atoms with Gasteiger partial charge in [-0.2, -0.15) is 5.10 Å². The molecule has 3 atom stereocenters. The van der Waals surface area contributed by atoms with E-state index in [-0.39, 0.29) is 35.6 Å². The normalized spacial score (nSPS) is 25.7. The van der Waals surface area contributed by atoms with Crippen molar-refractivity contribution >= 4 is 50.1 Å². The lowest BCUT2D eigenvalue weighted by molar-refractivity contribution is -0.138. The number of fused-ring (bicyclic) bond motifs is 5. The first-order valence-electron chi connectivity index (χ1n) is 11.6. The average molecular weight is 538 g/mol. The molecule has 2 fully saturated rings. The van der Waals surface area contributed by atoms with Gasteiger partial charge in [0.25, 0.3) is 0 Å². The van der Waals surface area contributed by atoms with E-state index in [0.29, 0.717) is 52.0 Å². The fourth-order valence-electron chi connectivity index (χ4n) is 5.46. The van der Waals surface area contributed by atoms with Crippen LogP contribution in [0.5, 0.6) is 5.75 Å². The van der Waals surface area contributed by atoms with Crippen LogP contribution in [0.25, 0.3) is 10.9 Å². The molecule has 35 heavy (non-hydrogen) atoms. The number of nitrogens with zero attached hydrogens (tertiary/aromatic N) is 4. The van der Waals surface area contributed by atoms with Gasteiger partial charge in [0.05, 0.1) is 16.8 Å². The van der Waals surface area contributed by atoms with E-state index >= 15 is 0 Å². The minimum absolute atomic E-state index is 0.0164. The fourth-order valence-corrected chi connectivity index (χ4v) is 5.78. The highest BCUT2D eigenvalue weighted by Gasteiger charge is 2.64. The van der Waals surface area contributed by atoms with Gasteiger partial charge in [-0.25, -0.2) is 0 Å². The molecule has 2 aliphatic heterocycles. The van der Waals surface area contributed by atoms with Crippen molar-refractivity contribution in [3.05, 3.63) is 46.3 Å². The fraction of sp³-hybridized carbons (Fsp3) is 0.400. The molecule has 180 valence electrons. The monoisotopic (exact) mass is 537 g/mol. The smallest absolute Gasteiger partial charge is 0.247 e. The van der Waals surface area contributed by atoms with Crippen LogP contribution in [0.1, 0.15) is 42.9 Å². The van der Waals surface area contributed by atoms with Gasteiger partial charge < -0.3 is 15.0 Å². The number of para-hydroxylation sites is 1. The minimum atomic E-state index is -0.579. The van der Waals surface area contributed by atoms with E-state index in [1.54, 1.807) is 15.8 Å². The molecule has 0 radical (unpaired) electrons. The number of piperidine rings is 1. The molecule has 1 aromatic carbocycles. The number of aromatic nitrogens is 3. The second-order valence-corrected chi connectivity index (χ2v) is 10.7. The molecule has 9 nitrogen and oxygen atoms in total. The molecule has 3 aliphatic rings. The van der Waals surface area contributed by atoms with Crippen LogP contribution >= 0.6 is 15.9 Å².